The van der Waals surface area contributed by atoms with Crippen LogP contribution >= 0.6 is 0 Å². The van der Waals surface area contributed by atoms with Crippen molar-refractivity contribution in [2.75, 3.05) is 20.6 Å². The van der Waals surface area contributed by atoms with Gasteiger partial charge in [-0.3, -0.25) is 0 Å². The van der Waals surface area contributed by atoms with Crippen LogP contribution in [-0.2, 0) is 0 Å². The van der Waals surface area contributed by atoms with E-state index in [1.54, 1.807) is 0 Å². The number of nitrogens with one attached hydrogen (secondary N) is 3. The second-order valence-electron chi connectivity index (χ2n) is 4.51. The molecule has 3 heteroatoms. The summed E-state index contributed by atoms with van der Waals surface area (Å²) < 4.78 is 0. The smallest absolute Gasteiger partial charge is 0.0912 e. The minimum Gasteiger partial charge on any atom is -0.375 e. The van der Waals surface area contributed by atoms with Crippen LogP contribution in [0.1, 0.15) is 32.1 Å². The Morgan fingerprint density at radius 1 is 1.33 bits per heavy atom. The van der Waals surface area contributed by atoms with Crippen LogP contribution in [0.2, 0.25) is 0 Å². The molecule has 1 aliphatic carbocycles. The molecule has 0 amide bonds. The molecule has 0 aromatic rings. The molecule has 0 radical (unpaired) electrons. The molecule has 15 heavy (non-hydrogen) atoms. The standard InChI is InChI=1S/C12H25N3/c1-10(14-3)15-12(9-13-2)8-11-6-4-5-7-11/h11-15H,1,4-9H2,2-3H3/t12-/m0/s1. The molecule has 0 unspecified atom stereocenters. The summed E-state index contributed by atoms with van der Waals surface area (Å²) in [5.41, 5.74) is 0. The maximum atomic E-state index is 3.92. The molecule has 3 N–H and O–H groups in total. The summed E-state index contributed by atoms with van der Waals surface area (Å²) in [5.74, 6) is 1.84. The van der Waals surface area contributed by atoms with E-state index in [1.165, 1.54) is 32.1 Å². The summed E-state index contributed by atoms with van der Waals surface area (Å²) in [6.07, 6.45) is 6.93. The Labute approximate surface area is 93.7 Å². The SMILES string of the molecule is C=C(NC)N[C@H](CNC)CC1CCCC1. The van der Waals surface area contributed by atoms with Crippen molar-refractivity contribution in [3.05, 3.63) is 12.4 Å². The van der Waals surface area contributed by atoms with Crippen molar-refractivity contribution in [3.63, 3.8) is 0 Å². The lowest BCUT2D eigenvalue weighted by molar-refractivity contribution is 0.393. The quantitative estimate of drug-likeness (QED) is 0.596. The van der Waals surface area contributed by atoms with Gasteiger partial charge in [0, 0.05) is 19.6 Å². The maximum absolute atomic E-state index is 3.92. The molecule has 1 atom stereocenters. The highest BCUT2D eigenvalue weighted by molar-refractivity contribution is 4.91. The Balaban J connectivity index is 2.31. The first kappa shape index (κ1) is 12.4. The maximum Gasteiger partial charge on any atom is 0.0912 e. The number of likely N-dealkylation sites (N-methyl/N-ethyl adjacent to an activating group) is 1. The molecular formula is C12H25N3. The Hall–Kier alpha value is -0.700. The van der Waals surface area contributed by atoms with Gasteiger partial charge in [-0.15, -0.1) is 0 Å². The van der Waals surface area contributed by atoms with Gasteiger partial charge in [-0.05, 0) is 19.4 Å². The fraction of sp³-hybridized carbons (Fsp3) is 0.833. The highest BCUT2D eigenvalue weighted by Gasteiger charge is 2.19. The molecule has 0 saturated heterocycles. The van der Waals surface area contributed by atoms with Crippen molar-refractivity contribution in [1.29, 1.82) is 0 Å². The predicted octanol–water partition coefficient (Wildman–Crippen LogP) is 1.43. The molecule has 88 valence electrons. The Morgan fingerprint density at radius 3 is 2.53 bits per heavy atom. The largest absolute Gasteiger partial charge is 0.375 e. The van der Waals surface area contributed by atoms with Gasteiger partial charge in [0.1, 0.15) is 0 Å². The molecule has 3 nitrogen and oxygen atoms in total. The van der Waals surface area contributed by atoms with E-state index >= 15 is 0 Å². The van der Waals surface area contributed by atoms with Crippen LogP contribution in [0.3, 0.4) is 0 Å². The van der Waals surface area contributed by atoms with Crippen LogP contribution in [0, 0.1) is 5.92 Å². The molecule has 0 bridgehead atoms. The van der Waals surface area contributed by atoms with Gasteiger partial charge in [0.15, 0.2) is 0 Å². The minimum atomic E-state index is 0.512. The zero-order chi connectivity index (χ0) is 11.1. The number of hydrogen-bond donors (Lipinski definition) is 3. The third-order valence-electron chi connectivity index (χ3n) is 3.22. The average molecular weight is 211 g/mol. The lowest BCUT2D eigenvalue weighted by Crippen LogP contribution is -2.40. The first-order valence-electron chi connectivity index (χ1n) is 6.04. The van der Waals surface area contributed by atoms with Crippen LogP contribution < -0.4 is 16.0 Å². The number of hydrogen-bond acceptors (Lipinski definition) is 3. The highest BCUT2D eigenvalue weighted by Crippen LogP contribution is 2.28. The van der Waals surface area contributed by atoms with E-state index in [-0.39, 0.29) is 0 Å². The van der Waals surface area contributed by atoms with E-state index in [0.717, 1.165) is 18.3 Å². The van der Waals surface area contributed by atoms with Gasteiger partial charge in [-0.2, -0.15) is 0 Å². The molecule has 0 heterocycles. The van der Waals surface area contributed by atoms with Crippen molar-refractivity contribution in [2.45, 2.75) is 38.1 Å². The van der Waals surface area contributed by atoms with Gasteiger partial charge >= 0.3 is 0 Å². The Morgan fingerprint density at radius 2 is 2.00 bits per heavy atom. The molecule has 1 aliphatic rings. The van der Waals surface area contributed by atoms with Gasteiger partial charge in [0.25, 0.3) is 0 Å². The minimum absolute atomic E-state index is 0.512. The highest BCUT2D eigenvalue weighted by atomic mass is 15.1. The fourth-order valence-electron chi connectivity index (χ4n) is 2.41. The summed E-state index contributed by atoms with van der Waals surface area (Å²) >= 11 is 0. The van der Waals surface area contributed by atoms with Crippen molar-refractivity contribution >= 4 is 0 Å². The first-order chi connectivity index (χ1) is 7.26. The molecular weight excluding hydrogens is 186 g/mol. The lowest BCUT2D eigenvalue weighted by Gasteiger charge is -2.23. The van der Waals surface area contributed by atoms with Crippen LogP contribution in [0.4, 0.5) is 0 Å². The van der Waals surface area contributed by atoms with Crippen molar-refractivity contribution in [1.82, 2.24) is 16.0 Å². The predicted molar refractivity (Wildman–Crippen MR) is 65.6 cm³/mol. The van der Waals surface area contributed by atoms with E-state index < -0.39 is 0 Å². The van der Waals surface area contributed by atoms with Crippen molar-refractivity contribution < 1.29 is 0 Å². The molecule has 1 saturated carbocycles. The summed E-state index contributed by atoms with van der Waals surface area (Å²) in [5, 5.41) is 9.71. The Bertz CT molecular complexity index is 185. The summed E-state index contributed by atoms with van der Waals surface area (Å²) in [6.45, 7) is 4.93. The fourth-order valence-corrected chi connectivity index (χ4v) is 2.41. The second kappa shape index (κ2) is 6.72. The van der Waals surface area contributed by atoms with Crippen LogP contribution in [-0.4, -0.2) is 26.7 Å². The van der Waals surface area contributed by atoms with Gasteiger partial charge in [-0.25, -0.2) is 0 Å². The molecule has 0 spiro atoms. The zero-order valence-electron chi connectivity index (χ0n) is 10.1. The van der Waals surface area contributed by atoms with E-state index in [0.29, 0.717) is 6.04 Å². The van der Waals surface area contributed by atoms with Crippen molar-refractivity contribution in [2.24, 2.45) is 5.92 Å². The van der Waals surface area contributed by atoms with Crippen molar-refractivity contribution in [3.8, 4) is 0 Å². The topological polar surface area (TPSA) is 36.1 Å². The molecule has 1 rings (SSSR count). The zero-order valence-corrected chi connectivity index (χ0v) is 10.1. The lowest BCUT2D eigenvalue weighted by atomic mass is 9.98. The van der Waals surface area contributed by atoms with Gasteiger partial charge < -0.3 is 16.0 Å². The molecule has 0 aliphatic heterocycles. The van der Waals surface area contributed by atoms with E-state index in [4.69, 9.17) is 0 Å². The third-order valence-corrected chi connectivity index (χ3v) is 3.22. The second-order valence-corrected chi connectivity index (χ2v) is 4.51. The monoisotopic (exact) mass is 211 g/mol. The van der Waals surface area contributed by atoms with E-state index in [2.05, 4.69) is 22.5 Å². The van der Waals surface area contributed by atoms with Gasteiger partial charge in [0.05, 0.1) is 5.82 Å². The van der Waals surface area contributed by atoms with E-state index in [1.807, 2.05) is 14.1 Å². The van der Waals surface area contributed by atoms with Crippen LogP contribution in [0.25, 0.3) is 0 Å². The average Bonchev–Trinajstić information content (AvgIpc) is 2.70. The van der Waals surface area contributed by atoms with Gasteiger partial charge in [-0.1, -0.05) is 32.3 Å². The first-order valence-corrected chi connectivity index (χ1v) is 6.04. The molecule has 1 fully saturated rings. The van der Waals surface area contributed by atoms with Crippen LogP contribution in [0.15, 0.2) is 12.4 Å². The number of rotatable bonds is 7. The van der Waals surface area contributed by atoms with Crippen LogP contribution in [0.5, 0.6) is 0 Å². The summed E-state index contributed by atoms with van der Waals surface area (Å²) in [4.78, 5) is 0. The summed E-state index contributed by atoms with van der Waals surface area (Å²) in [7, 11) is 3.91. The third kappa shape index (κ3) is 4.56. The van der Waals surface area contributed by atoms with E-state index in [9.17, 15) is 0 Å². The normalized spacial score (nSPS) is 18.8. The molecule has 0 aromatic carbocycles. The Kier molecular flexibility index (Phi) is 5.54. The summed E-state index contributed by atoms with van der Waals surface area (Å²) in [6, 6.07) is 0.512. The molecule has 0 aromatic heterocycles. The van der Waals surface area contributed by atoms with Gasteiger partial charge in [0.2, 0.25) is 0 Å².